The number of aliphatic hydroxyl groups is 1. The molecule has 190 valence electrons. The van der Waals surface area contributed by atoms with Crippen LogP contribution in [0.25, 0.3) is 55.3 Å². The molecule has 12 heteroatoms. The number of halogens is 1. The smallest absolute Gasteiger partial charge is 0.169 e. The summed E-state index contributed by atoms with van der Waals surface area (Å²) in [6.45, 7) is 3.36. The Bertz CT molecular complexity index is 1830. The van der Waals surface area contributed by atoms with Gasteiger partial charge in [0.15, 0.2) is 17.4 Å². The molecule has 0 radical (unpaired) electrons. The molecule has 0 aromatic carbocycles. The van der Waals surface area contributed by atoms with Gasteiger partial charge in [-0.15, -0.1) is 11.3 Å². The van der Waals surface area contributed by atoms with E-state index >= 15 is 4.39 Å². The average molecular weight is 529 g/mol. The molecule has 0 bridgehead atoms. The second-order valence-electron chi connectivity index (χ2n) is 8.67. The number of nitrogens with zero attached hydrogens (tertiary/aromatic N) is 5. The Kier molecular flexibility index (Phi) is 5.89. The third kappa shape index (κ3) is 4.09. The maximum Gasteiger partial charge on any atom is 0.169 e. The van der Waals surface area contributed by atoms with Gasteiger partial charge in [-0.05, 0) is 37.6 Å². The molecular formula is C26H21FN8O2S. The molecule has 6 aromatic heterocycles. The number of pyridine rings is 3. The summed E-state index contributed by atoms with van der Waals surface area (Å²) in [5.74, 6) is -0.235. The van der Waals surface area contributed by atoms with Crippen molar-refractivity contribution in [3.63, 3.8) is 0 Å². The van der Waals surface area contributed by atoms with Crippen molar-refractivity contribution in [1.82, 2.24) is 35.1 Å². The lowest BCUT2D eigenvalue weighted by Crippen LogP contribution is -2.17. The molecule has 0 saturated heterocycles. The van der Waals surface area contributed by atoms with Gasteiger partial charge >= 0.3 is 0 Å². The van der Waals surface area contributed by atoms with Gasteiger partial charge in [0.25, 0.3) is 0 Å². The summed E-state index contributed by atoms with van der Waals surface area (Å²) in [6, 6.07) is 7.07. The molecule has 0 aliphatic carbocycles. The minimum Gasteiger partial charge on any atom is -0.374 e. The number of aromatic nitrogens is 7. The highest BCUT2D eigenvalue weighted by Gasteiger charge is 2.22. The fourth-order valence-corrected chi connectivity index (χ4v) is 5.07. The monoisotopic (exact) mass is 528 g/mol. The summed E-state index contributed by atoms with van der Waals surface area (Å²) >= 11 is 1.34. The highest BCUT2D eigenvalue weighted by atomic mass is 32.1. The normalized spacial score (nSPS) is 12.3. The highest BCUT2D eigenvalue weighted by Crippen LogP contribution is 2.35. The number of aliphatic hydroxyl groups excluding tert-OH is 1. The van der Waals surface area contributed by atoms with Crippen LogP contribution in [-0.4, -0.2) is 52.2 Å². The fourth-order valence-electron chi connectivity index (χ4n) is 4.17. The summed E-state index contributed by atoms with van der Waals surface area (Å²) in [7, 11) is 0. The second kappa shape index (κ2) is 9.39. The first-order valence-electron chi connectivity index (χ1n) is 11.8. The summed E-state index contributed by atoms with van der Waals surface area (Å²) in [4.78, 5) is 34.1. The Morgan fingerprint density at radius 3 is 2.79 bits per heavy atom. The van der Waals surface area contributed by atoms with E-state index in [0.29, 0.717) is 56.3 Å². The van der Waals surface area contributed by atoms with E-state index in [-0.39, 0.29) is 16.9 Å². The Hall–Kier alpha value is -4.55. The van der Waals surface area contributed by atoms with E-state index in [4.69, 9.17) is 4.98 Å². The molecule has 0 amide bonds. The molecule has 4 N–H and O–H groups in total. The summed E-state index contributed by atoms with van der Waals surface area (Å²) < 4.78 is 16.0. The lowest BCUT2D eigenvalue weighted by atomic mass is 10.1. The number of carbonyl (C=O) groups is 1. The van der Waals surface area contributed by atoms with Gasteiger partial charge < -0.3 is 15.4 Å². The van der Waals surface area contributed by atoms with E-state index in [2.05, 4.69) is 35.5 Å². The molecular weight excluding hydrogens is 507 g/mol. The number of fused-ring (bicyclic) bond motifs is 2. The standard InChI is InChI=1S/C26H21FN8O2S/c1-3-19(37)31-14-8-13(9-28-10-14)22-21(27)20-16(11-30-22)34-35-25(20)26-32-15-6-7-29-24(23(15)33-26)18-5-4-17(38-18)12(2)36/h4-11,19,31,37H,3H2,1-2H3,(H,32,33)(H,34,35). The van der Waals surface area contributed by atoms with Crippen LogP contribution in [0.1, 0.15) is 29.9 Å². The van der Waals surface area contributed by atoms with Crippen molar-refractivity contribution >= 4 is 44.7 Å². The van der Waals surface area contributed by atoms with Gasteiger partial charge in [0.1, 0.15) is 28.8 Å². The van der Waals surface area contributed by atoms with Crippen molar-refractivity contribution in [3.8, 4) is 33.3 Å². The number of Topliss-reactive ketones (excluding diaryl/α,β-unsaturated/α-hetero) is 1. The molecule has 0 spiro atoms. The number of ketones is 1. The van der Waals surface area contributed by atoms with Crippen LogP contribution in [0, 0.1) is 5.82 Å². The zero-order valence-corrected chi connectivity index (χ0v) is 21.1. The average Bonchev–Trinajstić information content (AvgIpc) is 3.67. The minimum atomic E-state index is -0.747. The van der Waals surface area contributed by atoms with Crippen LogP contribution in [0.15, 0.2) is 49.1 Å². The number of rotatable bonds is 7. The molecule has 6 heterocycles. The van der Waals surface area contributed by atoms with Crippen LogP contribution < -0.4 is 5.32 Å². The van der Waals surface area contributed by atoms with Crippen molar-refractivity contribution in [3.05, 3.63) is 59.7 Å². The zero-order chi connectivity index (χ0) is 26.4. The summed E-state index contributed by atoms with van der Waals surface area (Å²) in [5.41, 5.74) is 3.69. The molecule has 38 heavy (non-hydrogen) atoms. The van der Waals surface area contributed by atoms with Gasteiger partial charge in [0.05, 0.1) is 44.3 Å². The third-order valence-electron chi connectivity index (χ3n) is 6.09. The first-order chi connectivity index (χ1) is 18.4. The van der Waals surface area contributed by atoms with E-state index in [1.165, 1.54) is 30.7 Å². The lowest BCUT2D eigenvalue weighted by molar-refractivity contribution is 0.102. The lowest BCUT2D eigenvalue weighted by Gasteiger charge is -2.12. The zero-order valence-electron chi connectivity index (χ0n) is 20.3. The molecule has 0 aliphatic heterocycles. The molecule has 1 atom stereocenters. The maximum absolute atomic E-state index is 16.0. The topological polar surface area (TPSA) is 145 Å². The second-order valence-corrected chi connectivity index (χ2v) is 9.76. The number of carbonyl (C=O) groups excluding carboxylic acids is 1. The van der Waals surface area contributed by atoms with Crippen LogP contribution in [0.3, 0.4) is 0 Å². The first-order valence-corrected chi connectivity index (χ1v) is 12.6. The van der Waals surface area contributed by atoms with Gasteiger partial charge in [0.2, 0.25) is 0 Å². The van der Waals surface area contributed by atoms with Gasteiger partial charge in [-0.25, -0.2) is 9.37 Å². The number of imidazole rings is 1. The van der Waals surface area contributed by atoms with Gasteiger partial charge in [0, 0.05) is 18.0 Å². The Labute approximate surface area is 219 Å². The number of nitrogens with one attached hydrogen (secondary N) is 3. The van der Waals surface area contributed by atoms with Crippen molar-refractivity contribution in [2.75, 3.05) is 5.32 Å². The Morgan fingerprint density at radius 1 is 1.13 bits per heavy atom. The predicted octanol–water partition coefficient (Wildman–Crippen LogP) is 5.17. The van der Waals surface area contributed by atoms with Crippen molar-refractivity contribution in [1.29, 1.82) is 0 Å². The van der Waals surface area contributed by atoms with Crippen LogP contribution in [0.4, 0.5) is 10.1 Å². The van der Waals surface area contributed by atoms with Crippen molar-refractivity contribution in [2.45, 2.75) is 26.5 Å². The van der Waals surface area contributed by atoms with Crippen molar-refractivity contribution < 1.29 is 14.3 Å². The van der Waals surface area contributed by atoms with E-state index in [0.717, 1.165) is 4.88 Å². The molecule has 6 rings (SSSR count). The molecule has 0 fully saturated rings. The molecule has 10 nitrogen and oxygen atoms in total. The summed E-state index contributed by atoms with van der Waals surface area (Å²) in [5, 5.41) is 20.2. The van der Waals surface area contributed by atoms with Gasteiger partial charge in [-0.2, -0.15) is 5.10 Å². The number of thiophene rings is 1. The van der Waals surface area contributed by atoms with Gasteiger partial charge in [-0.1, -0.05) is 6.92 Å². The fraction of sp³-hybridized carbons (Fsp3) is 0.154. The number of hydrogen-bond acceptors (Lipinski definition) is 9. The van der Waals surface area contributed by atoms with E-state index in [1.807, 2.05) is 13.0 Å². The minimum absolute atomic E-state index is 0.0166. The van der Waals surface area contributed by atoms with E-state index in [1.54, 1.807) is 30.6 Å². The highest BCUT2D eigenvalue weighted by molar-refractivity contribution is 7.17. The van der Waals surface area contributed by atoms with Crippen molar-refractivity contribution in [2.24, 2.45) is 0 Å². The Morgan fingerprint density at radius 2 is 2.00 bits per heavy atom. The molecule has 0 saturated carbocycles. The number of aromatic amines is 2. The number of hydrogen-bond donors (Lipinski definition) is 4. The van der Waals surface area contributed by atoms with Crippen LogP contribution in [0.5, 0.6) is 0 Å². The molecule has 6 aromatic rings. The van der Waals surface area contributed by atoms with E-state index < -0.39 is 12.0 Å². The first kappa shape index (κ1) is 23.8. The third-order valence-corrected chi connectivity index (χ3v) is 7.28. The van der Waals surface area contributed by atoms with Crippen LogP contribution >= 0.6 is 11.3 Å². The SMILES string of the molecule is CCC(O)Nc1cncc(-c2ncc3[nH]nc(-c4nc5c(-c6ccc(C(C)=O)s6)nccc5[nH]4)c3c2F)c1. The molecule has 1 unspecified atom stereocenters. The predicted molar refractivity (Wildman–Crippen MR) is 143 cm³/mol. The number of H-pyrrole nitrogens is 2. The maximum atomic E-state index is 16.0. The molecule has 0 aliphatic rings. The Balaban J connectivity index is 1.45. The van der Waals surface area contributed by atoms with Gasteiger partial charge in [-0.3, -0.25) is 24.8 Å². The number of anilines is 1. The van der Waals surface area contributed by atoms with E-state index in [9.17, 15) is 9.90 Å². The largest absolute Gasteiger partial charge is 0.374 e. The summed E-state index contributed by atoms with van der Waals surface area (Å²) in [6.07, 6.45) is 5.98. The van der Waals surface area contributed by atoms with Crippen LogP contribution in [-0.2, 0) is 0 Å². The quantitative estimate of drug-likeness (QED) is 0.164. The van der Waals surface area contributed by atoms with Crippen LogP contribution in [0.2, 0.25) is 0 Å².